The third-order valence-corrected chi connectivity index (χ3v) is 2.34. The summed E-state index contributed by atoms with van der Waals surface area (Å²) in [6.45, 7) is 0. The first-order valence-corrected chi connectivity index (χ1v) is 3.82. The molecule has 1 aliphatic heterocycles. The summed E-state index contributed by atoms with van der Waals surface area (Å²) >= 11 is 0. The van der Waals surface area contributed by atoms with Crippen molar-refractivity contribution >= 4 is 0 Å². The molecule has 4 nitrogen and oxygen atoms in total. The van der Waals surface area contributed by atoms with Gasteiger partial charge in [-0.05, 0) is 12.8 Å². The fraction of sp³-hybridized carbons (Fsp3) is 1.00. The molecule has 4 heteroatoms. The first kappa shape index (κ1) is 6.09. The van der Waals surface area contributed by atoms with Crippen molar-refractivity contribution in [1.82, 2.24) is 5.12 Å². The number of nitrogens with zero attached hydrogens (tertiary/aromatic N) is 3. The van der Waals surface area contributed by atoms with E-state index < -0.39 is 0 Å². The van der Waals surface area contributed by atoms with Gasteiger partial charge in [-0.15, -0.1) is 0 Å². The van der Waals surface area contributed by atoms with Crippen molar-refractivity contribution < 1.29 is 0 Å². The third-order valence-electron chi connectivity index (χ3n) is 2.34. The van der Waals surface area contributed by atoms with Crippen molar-refractivity contribution in [3.63, 3.8) is 0 Å². The van der Waals surface area contributed by atoms with Gasteiger partial charge in [0.25, 0.3) is 0 Å². The highest BCUT2D eigenvalue weighted by Crippen LogP contribution is 2.28. The van der Waals surface area contributed by atoms with Crippen LogP contribution in [0.15, 0.2) is 10.3 Å². The van der Waals surface area contributed by atoms with E-state index in [4.69, 9.17) is 5.84 Å². The van der Waals surface area contributed by atoms with Gasteiger partial charge in [-0.25, -0.2) is 11.0 Å². The Morgan fingerprint density at radius 3 is 2.90 bits per heavy atom. The van der Waals surface area contributed by atoms with Crippen LogP contribution in [0.25, 0.3) is 0 Å². The summed E-state index contributed by atoms with van der Waals surface area (Å²) in [6, 6.07) is 0.812. The Hall–Kier alpha value is -0.640. The minimum atomic E-state index is 0.402. The molecule has 56 valence electrons. The number of hydrogen-bond acceptors (Lipinski definition) is 4. The highest BCUT2D eigenvalue weighted by atomic mass is 15.7. The van der Waals surface area contributed by atoms with E-state index in [2.05, 4.69) is 10.3 Å². The Kier molecular flexibility index (Phi) is 1.34. The standard InChI is InChI=1S/C6H12N4/c7-10-6-4-2-1-3-5(6)8-9-10/h5-6H,1-4,7H2/t5?,6-/m0/s1. The second kappa shape index (κ2) is 2.20. The molecular weight excluding hydrogens is 128 g/mol. The van der Waals surface area contributed by atoms with Crippen molar-refractivity contribution in [1.29, 1.82) is 0 Å². The zero-order valence-electron chi connectivity index (χ0n) is 5.90. The van der Waals surface area contributed by atoms with Crippen LogP contribution in [0.5, 0.6) is 0 Å². The average molecular weight is 140 g/mol. The zero-order chi connectivity index (χ0) is 6.97. The normalized spacial score (nSPS) is 38.3. The van der Waals surface area contributed by atoms with Crippen LogP contribution in [-0.2, 0) is 0 Å². The Morgan fingerprint density at radius 2 is 2.10 bits per heavy atom. The molecule has 1 saturated carbocycles. The SMILES string of the molecule is NN1N=NC2CCCC[C@@H]21. The Labute approximate surface area is 60.0 Å². The van der Waals surface area contributed by atoms with Crippen LogP contribution in [0.1, 0.15) is 25.7 Å². The summed E-state index contributed by atoms with van der Waals surface area (Å²) in [4.78, 5) is 0. The summed E-state index contributed by atoms with van der Waals surface area (Å²) in [5, 5.41) is 9.40. The number of fused-ring (bicyclic) bond motifs is 1. The molecule has 0 amide bonds. The van der Waals surface area contributed by atoms with E-state index in [1.165, 1.54) is 24.4 Å². The van der Waals surface area contributed by atoms with Crippen LogP contribution < -0.4 is 5.84 Å². The fourth-order valence-electron chi connectivity index (χ4n) is 1.73. The predicted molar refractivity (Wildman–Crippen MR) is 36.9 cm³/mol. The molecule has 0 bridgehead atoms. The lowest BCUT2D eigenvalue weighted by atomic mass is 9.92. The maximum absolute atomic E-state index is 5.56. The van der Waals surface area contributed by atoms with Crippen LogP contribution in [0.4, 0.5) is 0 Å². The molecule has 2 rings (SSSR count). The number of nitrogens with two attached hydrogens (primary N) is 1. The van der Waals surface area contributed by atoms with E-state index in [-0.39, 0.29) is 0 Å². The number of rotatable bonds is 0. The van der Waals surface area contributed by atoms with E-state index in [0.717, 1.165) is 6.42 Å². The lowest BCUT2D eigenvalue weighted by Gasteiger charge is -2.25. The number of hydrogen-bond donors (Lipinski definition) is 1. The molecule has 0 radical (unpaired) electrons. The molecule has 1 unspecified atom stereocenters. The molecule has 2 N–H and O–H groups in total. The van der Waals surface area contributed by atoms with E-state index in [9.17, 15) is 0 Å². The van der Waals surface area contributed by atoms with Crippen LogP contribution >= 0.6 is 0 Å². The highest BCUT2D eigenvalue weighted by Gasteiger charge is 2.32. The van der Waals surface area contributed by atoms with E-state index in [1.54, 1.807) is 0 Å². The van der Waals surface area contributed by atoms with Crippen LogP contribution in [0.3, 0.4) is 0 Å². The first-order valence-electron chi connectivity index (χ1n) is 3.82. The third kappa shape index (κ3) is 0.794. The zero-order valence-corrected chi connectivity index (χ0v) is 5.90. The molecule has 1 aliphatic carbocycles. The summed E-state index contributed by atoms with van der Waals surface area (Å²) in [5.41, 5.74) is 0. The maximum atomic E-state index is 5.56. The van der Waals surface area contributed by atoms with Gasteiger partial charge in [0.1, 0.15) is 0 Å². The molecule has 1 fully saturated rings. The molecule has 0 aromatic carbocycles. The molecule has 2 aliphatic rings. The Bertz CT molecular complexity index is 156. The van der Waals surface area contributed by atoms with Gasteiger partial charge < -0.3 is 0 Å². The lowest BCUT2D eigenvalue weighted by Crippen LogP contribution is -2.40. The van der Waals surface area contributed by atoms with Gasteiger partial charge in [-0.2, -0.15) is 5.11 Å². The predicted octanol–water partition coefficient (Wildman–Crippen LogP) is 0.854. The van der Waals surface area contributed by atoms with Gasteiger partial charge in [0.15, 0.2) is 0 Å². The molecule has 1 heterocycles. The topological polar surface area (TPSA) is 54.0 Å². The smallest absolute Gasteiger partial charge is 0.0966 e. The van der Waals surface area contributed by atoms with Crippen LogP contribution in [0, 0.1) is 0 Å². The van der Waals surface area contributed by atoms with Crippen molar-refractivity contribution in [2.24, 2.45) is 16.2 Å². The second-order valence-corrected chi connectivity index (χ2v) is 3.00. The van der Waals surface area contributed by atoms with Gasteiger partial charge in [0.05, 0.1) is 12.1 Å². The van der Waals surface area contributed by atoms with Crippen molar-refractivity contribution in [2.45, 2.75) is 37.8 Å². The Morgan fingerprint density at radius 1 is 1.30 bits per heavy atom. The van der Waals surface area contributed by atoms with E-state index >= 15 is 0 Å². The van der Waals surface area contributed by atoms with E-state index in [1.807, 2.05) is 0 Å². The quantitative estimate of drug-likeness (QED) is 0.507. The second-order valence-electron chi connectivity index (χ2n) is 3.00. The fourth-order valence-corrected chi connectivity index (χ4v) is 1.73. The molecule has 10 heavy (non-hydrogen) atoms. The minimum absolute atomic E-state index is 0.402. The largest absolute Gasteiger partial charge is 0.230 e. The molecule has 0 aromatic rings. The van der Waals surface area contributed by atoms with Crippen molar-refractivity contribution in [3.05, 3.63) is 0 Å². The molecule has 2 atom stereocenters. The summed E-state index contributed by atoms with van der Waals surface area (Å²) in [6.07, 6.45) is 4.89. The minimum Gasteiger partial charge on any atom is -0.230 e. The molecule has 0 saturated heterocycles. The van der Waals surface area contributed by atoms with Crippen molar-refractivity contribution in [2.75, 3.05) is 0 Å². The van der Waals surface area contributed by atoms with Gasteiger partial charge in [-0.3, -0.25) is 0 Å². The van der Waals surface area contributed by atoms with Crippen LogP contribution in [-0.4, -0.2) is 17.2 Å². The van der Waals surface area contributed by atoms with Crippen molar-refractivity contribution in [3.8, 4) is 0 Å². The molecule has 0 spiro atoms. The summed E-state index contributed by atoms with van der Waals surface area (Å²) < 4.78 is 0. The summed E-state index contributed by atoms with van der Waals surface area (Å²) in [7, 11) is 0. The van der Waals surface area contributed by atoms with Gasteiger partial charge in [-0.1, -0.05) is 18.1 Å². The monoisotopic (exact) mass is 140 g/mol. The van der Waals surface area contributed by atoms with E-state index in [0.29, 0.717) is 12.1 Å². The number of hydrazine groups is 1. The summed E-state index contributed by atoms with van der Waals surface area (Å²) in [5.74, 6) is 5.56. The lowest BCUT2D eigenvalue weighted by molar-refractivity contribution is 0.188. The van der Waals surface area contributed by atoms with Gasteiger partial charge >= 0.3 is 0 Å². The average Bonchev–Trinajstić information content (AvgIpc) is 2.34. The van der Waals surface area contributed by atoms with Gasteiger partial charge in [0.2, 0.25) is 0 Å². The maximum Gasteiger partial charge on any atom is 0.0966 e. The highest BCUT2D eigenvalue weighted by molar-refractivity contribution is 4.87. The first-order chi connectivity index (χ1) is 4.88. The van der Waals surface area contributed by atoms with Crippen LogP contribution in [0.2, 0.25) is 0 Å². The molecular formula is C6H12N4. The molecule has 0 aromatic heterocycles. The Balaban J connectivity index is 2.07. The van der Waals surface area contributed by atoms with Gasteiger partial charge in [0, 0.05) is 0 Å².